The number of carbonyl (C=O) groups is 1. The largest absolute Gasteiger partial charge is 0.377 e. The van der Waals surface area contributed by atoms with Gasteiger partial charge in [-0.05, 0) is 12.1 Å². The van der Waals surface area contributed by atoms with Crippen LogP contribution in [0.3, 0.4) is 0 Å². The number of benzene rings is 1. The fourth-order valence-corrected chi connectivity index (χ4v) is 2.51. The van der Waals surface area contributed by atoms with Crippen molar-refractivity contribution in [1.29, 1.82) is 0 Å². The smallest absolute Gasteiger partial charge is 0.253 e. The first-order chi connectivity index (χ1) is 10.6. The van der Waals surface area contributed by atoms with E-state index in [1.807, 2.05) is 0 Å². The maximum atomic E-state index is 13.3. The van der Waals surface area contributed by atoms with E-state index in [0.717, 1.165) is 12.1 Å². The van der Waals surface area contributed by atoms with Crippen LogP contribution in [0, 0.1) is 11.6 Å². The maximum Gasteiger partial charge on any atom is 0.253 e. The second-order valence-corrected chi connectivity index (χ2v) is 5.22. The molecule has 0 aliphatic carbocycles. The first kappa shape index (κ1) is 14.9. The predicted molar refractivity (Wildman–Crippen MR) is 72.5 cm³/mol. The SMILES string of the molecule is O=C(N[C@H]1COC[C@H]1n1ccnn1)c1cc(F)c(F)cc1Cl. The van der Waals surface area contributed by atoms with Crippen LogP contribution in [0.1, 0.15) is 16.4 Å². The summed E-state index contributed by atoms with van der Waals surface area (Å²) < 4.78 is 33.2. The van der Waals surface area contributed by atoms with Crippen molar-refractivity contribution in [3.05, 3.63) is 46.7 Å². The quantitative estimate of drug-likeness (QED) is 0.869. The summed E-state index contributed by atoms with van der Waals surface area (Å²) in [5.41, 5.74) is -0.134. The van der Waals surface area contributed by atoms with Crippen molar-refractivity contribution in [2.24, 2.45) is 0 Å². The Labute approximate surface area is 129 Å². The van der Waals surface area contributed by atoms with Gasteiger partial charge in [0.05, 0.1) is 42.1 Å². The van der Waals surface area contributed by atoms with Gasteiger partial charge in [0.1, 0.15) is 0 Å². The second-order valence-electron chi connectivity index (χ2n) is 4.81. The number of rotatable bonds is 3. The van der Waals surface area contributed by atoms with Gasteiger partial charge in [-0.3, -0.25) is 4.79 Å². The zero-order valence-corrected chi connectivity index (χ0v) is 11.9. The van der Waals surface area contributed by atoms with Crippen molar-refractivity contribution in [3.63, 3.8) is 0 Å². The Morgan fingerprint density at radius 2 is 2.14 bits per heavy atom. The summed E-state index contributed by atoms with van der Waals surface area (Å²) in [7, 11) is 0. The highest BCUT2D eigenvalue weighted by Crippen LogP contribution is 2.22. The standard InChI is InChI=1S/C13H11ClF2N4O2/c14-8-4-10(16)9(15)3-7(8)13(21)18-11-5-22-6-12(11)20-2-1-17-19-20/h1-4,11-12H,5-6H2,(H,18,21)/t11-,12+/m0/s1. The fraction of sp³-hybridized carbons (Fsp3) is 0.308. The Morgan fingerprint density at radius 3 is 2.86 bits per heavy atom. The number of carbonyl (C=O) groups excluding carboxylic acids is 1. The molecule has 116 valence electrons. The van der Waals surface area contributed by atoms with Crippen molar-refractivity contribution in [1.82, 2.24) is 20.3 Å². The van der Waals surface area contributed by atoms with E-state index >= 15 is 0 Å². The lowest BCUT2D eigenvalue weighted by Gasteiger charge is -2.19. The van der Waals surface area contributed by atoms with E-state index in [1.165, 1.54) is 6.20 Å². The molecule has 0 radical (unpaired) electrons. The average Bonchev–Trinajstić information content (AvgIpc) is 3.13. The van der Waals surface area contributed by atoms with Gasteiger partial charge < -0.3 is 10.1 Å². The second kappa shape index (κ2) is 5.98. The Morgan fingerprint density at radius 1 is 1.36 bits per heavy atom. The maximum absolute atomic E-state index is 13.3. The van der Waals surface area contributed by atoms with Crippen LogP contribution in [0.2, 0.25) is 5.02 Å². The lowest BCUT2D eigenvalue weighted by molar-refractivity contribution is 0.0924. The van der Waals surface area contributed by atoms with Crippen molar-refractivity contribution in [2.45, 2.75) is 12.1 Å². The third-order valence-corrected chi connectivity index (χ3v) is 3.72. The number of nitrogens with one attached hydrogen (secondary N) is 1. The molecule has 3 rings (SSSR count). The summed E-state index contributed by atoms with van der Waals surface area (Å²) in [5, 5.41) is 10.1. The van der Waals surface area contributed by atoms with Crippen molar-refractivity contribution < 1.29 is 18.3 Å². The van der Waals surface area contributed by atoms with Gasteiger partial charge in [-0.25, -0.2) is 13.5 Å². The minimum atomic E-state index is -1.13. The molecule has 1 aromatic carbocycles. The van der Waals surface area contributed by atoms with E-state index in [4.69, 9.17) is 16.3 Å². The molecule has 0 saturated carbocycles. The molecular formula is C13H11ClF2N4O2. The summed E-state index contributed by atoms with van der Waals surface area (Å²) in [6.45, 7) is 0.636. The van der Waals surface area contributed by atoms with E-state index < -0.39 is 17.5 Å². The minimum absolute atomic E-state index is 0.134. The molecular weight excluding hydrogens is 318 g/mol. The zero-order chi connectivity index (χ0) is 15.7. The molecule has 0 spiro atoms. The van der Waals surface area contributed by atoms with Crippen molar-refractivity contribution >= 4 is 17.5 Å². The molecule has 9 heteroatoms. The monoisotopic (exact) mass is 328 g/mol. The summed E-state index contributed by atoms with van der Waals surface area (Å²) in [6, 6.07) is 0.938. The third-order valence-electron chi connectivity index (χ3n) is 3.40. The highest BCUT2D eigenvalue weighted by Gasteiger charge is 2.32. The first-order valence-electron chi connectivity index (χ1n) is 6.45. The van der Waals surface area contributed by atoms with Crippen LogP contribution in [0.4, 0.5) is 8.78 Å². The molecule has 0 bridgehead atoms. The van der Waals surface area contributed by atoms with Crippen molar-refractivity contribution in [2.75, 3.05) is 13.2 Å². The van der Waals surface area contributed by atoms with Crippen LogP contribution in [0.25, 0.3) is 0 Å². The van der Waals surface area contributed by atoms with Gasteiger partial charge >= 0.3 is 0 Å². The number of ether oxygens (including phenoxy) is 1. The number of amides is 1. The number of halogens is 3. The Balaban J connectivity index is 1.78. The van der Waals surface area contributed by atoms with E-state index in [-0.39, 0.29) is 29.3 Å². The predicted octanol–water partition coefficient (Wildman–Crippen LogP) is 1.58. The molecule has 1 aliphatic heterocycles. The number of hydrogen-bond acceptors (Lipinski definition) is 4. The molecule has 2 atom stereocenters. The molecule has 2 aromatic rings. The highest BCUT2D eigenvalue weighted by molar-refractivity contribution is 6.33. The van der Waals surface area contributed by atoms with Crippen molar-refractivity contribution in [3.8, 4) is 0 Å². The lowest BCUT2D eigenvalue weighted by Crippen LogP contribution is -2.41. The first-order valence-corrected chi connectivity index (χ1v) is 6.83. The third kappa shape index (κ3) is 2.79. The van der Waals surface area contributed by atoms with Crippen LogP contribution >= 0.6 is 11.6 Å². The van der Waals surface area contributed by atoms with Crippen LogP contribution in [-0.2, 0) is 4.74 Å². The molecule has 2 heterocycles. The fourth-order valence-electron chi connectivity index (χ4n) is 2.28. The van der Waals surface area contributed by atoms with Gasteiger partial charge in [-0.2, -0.15) is 0 Å². The Hall–Kier alpha value is -2.06. The minimum Gasteiger partial charge on any atom is -0.377 e. The normalized spacial score (nSPS) is 21.0. The molecule has 1 saturated heterocycles. The summed E-state index contributed by atoms with van der Waals surface area (Å²) in [4.78, 5) is 12.2. The highest BCUT2D eigenvalue weighted by atomic mass is 35.5. The molecule has 22 heavy (non-hydrogen) atoms. The molecule has 0 unspecified atom stereocenters. The van der Waals surface area contributed by atoms with E-state index in [1.54, 1.807) is 10.9 Å². The molecule has 1 amide bonds. The lowest BCUT2D eigenvalue weighted by atomic mass is 10.1. The van der Waals surface area contributed by atoms with Gasteiger partial charge in [0, 0.05) is 6.20 Å². The summed E-state index contributed by atoms with van der Waals surface area (Å²) in [6.07, 6.45) is 3.17. The molecule has 1 N–H and O–H groups in total. The van der Waals surface area contributed by atoms with E-state index in [0.29, 0.717) is 6.61 Å². The van der Waals surface area contributed by atoms with Gasteiger partial charge in [0.15, 0.2) is 11.6 Å². The van der Waals surface area contributed by atoms with Crippen LogP contribution in [0.5, 0.6) is 0 Å². The number of hydrogen-bond donors (Lipinski definition) is 1. The van der Waals surface area contributed by atoms with Crippen LogP contribution in [-0.4, -0.2) is 40.2 Å². The van der Waals surface area contributed by atoms with Gasteiger partial charge in [0.25, 0.3) is 5.91 Å². The van der Waals surface area contributed by atoms with Gasteiger partial charge in [0.2, 0.25) is 0 Å². The van der Waals surface area contributed by atoms with Crippen LogP contribution < -0.4 is 5.32 Å². The molecule has 1 fully saturated rings. The zero-order valence-electron chi connectivity index (χ0n) is 11.2. The molecule has 1 aromatic heterocycles. The molecule has 6 nitrogen and oxygen atoms in total. The number of aromatic nitrogens is 3. The van der Waals surface area contributed by atoms with Gasteiger partial charge in [-0.1, -0.05) is 16.8 Å². The average molecular weight is 329 g/mol. The Bertz CT molecular complexity index is 696. The van der Waals surface area contributed by atoms with Gasteiger partial charge in [-0.15, -0.1) is 5.10 Å². The Kier molecular flexibility index (Phi) is 4.04. The summed E-state index contributed by atoms with van der Waals surface area (Å²) >= 11 is 5.79. The topological polar surface area (TPSA) is 69.0 Å². The van der Waals surface area contributed by atoms with E-state index in [2.05, 4.69) is 15.6 Å². The molecule has 1 aliphatic rings. The number of nitrogens with zero attached hydrogens (tertiary/aromatic N) is 3. The van der Waals surface area contributed by atoms with E-state index in [9.17, 15) is 13.6 Å². The van der Waals surface area contributed by atoms with Crippen LogP contribution in [0.15, 0.2) is 24.5 Å². The summed E-state index contributed by atoms with van der Waals surface area (Å²) in [5.74, 6) is -2.85.